The number of nitro groups is 1. The Labute approximate surface area is 198 Å². The third-order valence-corrected chi connectivity index (χ3v) is 6.48. The molecule has 1 fully saturated rings. The summed E-state index contributed by atoms with van der Waals surface area (Å²) < 4.78 is 3.45. The van der Waals surface area contributed by atoms with E-state index in [0.29, 0.717) is 21.8 Å². The number of thiocarbonyl (C=S) groups is 1. The molecule has 1 aliphatic rings. The highest BCUT2D eigenvalue weighted by Crippen LogP contribution is 2.35. The van der Waals surface area contributed by atoms with Crippen LogP contribution in [0, 0.1) is 17.0 Å². The molecule has 0 aliphatic carbocycles. The number of para-hydroxylation sites is 1. The first kappa shape index (κ1) is 22.4. The number of hydrogen-bond donors (Lipinski definition) is 0. The second kappa shape index (κ2) is 9.00. The number of carbonyl (C=O) groups excluding carboxylic acids is 1. The maximum absolute atomic E-state index is 13.3. The van der Waals surface area contributed by atoms with Crippen molar-refractivity contribution in [2.24, 2.45) is 7.05 Å². The molecule has 2 aromatic carbocycles. The number of benzene rings is 2. The molecule has 4 rings (SSSR count). The molecule has 0 unspecified atom stereocenters. The summed E-state index contributed by atoms with van der Waals surface area (Å²) in [4.78, 5) is 38.5. The van der Waals surface area contributed by atoms with Gasteiger partial charge in [0.1, 0.15) is 5.69 Å². The normalized spacial score (nSPS) is 15.2. The first-order chi connectivity index (χ1) is 15.8. The Morgan fingerprint density at radius 2 is 1.82 bits per heavy atom. The van der Waals surface area contributed by atoms with Gasteiger partial charge in [-0.2, -0.15) is 0 Å². The first-order valence-electron chi connectivity index (χ1n) is 9.82. The highest BCUT2D eigenvalue weighted by molar-refractivity contribution is 8.27. The van der Waals surface area contributed by atoms with Crippen molar-refractivity contribution in [1.82, 2.24) is 9.36 Å². The van der Waals surface area contributed by atoms with Crippen LogP contribution in [-0.2, 0) is 11.8 Å². The fraction of sp³-hybridized carbons (Fsp3) is 0.0870. The van der Waals surface area contributed by atoms with Gasteiger partial charge in [-0.15, -0.1) is 0 Å². The van der Waals surface area contributed by atoms with Gasteiger partial charge in [0.25, 0.3) is 17.2 Å². The number of anilines is 1. The van der Waals surface area contributed by atoms with Crippen LogP contribution in [0.5, 0.6) is 0 Å². The minimum Gasteiger partial charge on any atom is -0.283 e. The van der Waals surface area contributed by atoms with Crippen LogP contribution < -0.4 is 10.5 Å². The van der Waals surface area contributed by atoms with Gasteiger partial charge in [-0.1, -0.05) is 66.5 Å². The number of nitrogens with zero attached hydrogens (tertiary/aromatic N) is 4. The summed E-state index contributed by atoms with van der Waals surface area (Å²) >= 11 is 6.53. The van der Waals surface area contributed by atoms with Crippen LogP contribution in [0.4, 0.5) is 11.4 Å². The molecule has 0 saturated carbocycles. The third-order valence-electron chi connectivity index (χ3n) is 5.16. The standard InChI is InChI=1S/C23H18N4O4S2/c1-15-20(22(29)26(24(15)2)17-10-4-3-5-11-17)25-21(28)19(33-23(25)32)13-7-9-16-8-6-12-18(14-16)27(30)31/h3-14H,1-2H3/b9-7+,19-13+. The number of thioether (sulfide) groups is 1. The molecule has 0 radical (unpaired) electrons. The van der Waals surface area contributed by atoms with Gasteiger partial charge in [0.05, 0.1) is 21.2 Å². The summed E-state index contributed by atoms with van der Waals surface area (Å²) in [6.45, 7) is 1.76. The second-order valence-corrected chi connectivity index (χ2v) is 8.84. The number of carbonyl (C=O) groups is 1. The molecule has 3 aromatic rings. The minimum atomic E-state index is -0.465. The van der Waals surface area contributed by atoms with Crippen LogP contribution in [0.25, 0.3) is 11.8 Å². The van der Waals surface area contributed by atoms with E-state index in [1.54, 1.807) is 49.0 Å². The number of non-ortho nitro benzene ring substituents is 1. The second-order valence-electron chi connectivity index (χ2n) is 7.16. The lowest BCUT2D eigenvalue weighted by Gasteiger charge is -2.12. The highest BCUT2D eigenvalue weighted by atomic mass is 32.2. The maximum Gasteiger partial charge on any atom is 0.296 e. The summed E-state index contributed by atoms with van der Waals surface area (Å²) in [6, 6.07) is 15.3. The van der Waals surface area contributed by atoms with Crippen molar-refractivity contribution in [1.29, 1.82) is 0 Å². The topological polar surface area (TPSA) is 90.4 Å². The van der Waals surface area contributed by atoms with E-state index in [4.69, 9.17) is 12.2 Å². The third kappa shape index (κ3) is 4.18. The molecular weight excluding hydrogens is 460 g/mol. The van der Waals surface area contributed by atoms with Crippen LogP contribution in [0.3, 0.4) is 0 Å². The fourth-order valence-corrected chi connectivity index (χ4v) is 4.70. The van der Waals surface area contributed by atoms with Crippen LogP contribution in [0.2, 0.25) is 0 Å². The number of hydrogen-bond acceptors (Lipinski definition) is 6. The van der Waals surface area contributed by atoms with Crippen molar-refractivity contribution in [2.45, 2.75) is 6.92 Å². The molecule has 166 valence electrons. The molecule has 33 heavy (non-hydrogen) atoms. The summed E-state index contributed by atoms with van der Waals surface area (Å²) in [6.07, 6.45) is 4.88. The van der Waals surface area contributed by atoms with Crippen LogP contribution in [-0.4, -0.2) is 24.5 Å². The van der Waals surface area contributed by atoms with Gasteiger partial charge < -0.3 is 0 Å². The minimum absolute atomic E-state index is 0.0160. The quantitative estimate of drug-likeness (QED) is 0.234. The molecule has 0 bridgehead atoms. The van der Waals surface area contributed by atoms with Crippen molar-refractivity contribution in [2.75, 3.05) is 4.90 Å². The molecule has 0 atom stereocenters. The largest absolute Gasteiger partial charge is 0.296 e. The van der Waals surface area contributed by atoms with Crippen LogP contribution in [0.15, 0.2) is 76.4 Å². The van der Waals surface area contributed by atoms with E-state index in [9.17, 15) is 19.7 Å². The Morgan fingerprint density at radius 3 is 2.52 bits per heavy atom. The van der Waals surface area contributed by atoms with Gasteiger partial charge in [-0.05, 0) is 30.7 Å². The fourth-order valence-electron chi connectivity index (χ4n) is 3.47. The van der Waals surface area contributed by atoms with E-state index >= 15 is 0 Å². The predicted octanol–water partition coefficient (Wildman–Crippen LogP) is 4.35. The Hall–Kier alpha value is -3.76. The molecule has 0 spiro atoms. The number of allylic oxidation sites excluding steroid dienone is 2. The molecule has 0 N–H and O–H groups in total. The van der Waals surface area contributed by atoms with Gasteiger partial charge in [0.15, 0.2) is 4.32 Å². The molecular formula is C23H18N4O4S2. The summed E-state index contributed by atoms with van der Waals surface area (Å²) in [5.41, 5.74) is 1.77. The lowest BCUT2D eigenvalue weighted by Crippen LogP contribution is -2.33. The molecule has 8 nitrogen and oxygen atoms in total. The summed E-state index contributed by atoms with van der Waals surface area (Å²) in [5.74, 6) is -0.389. The van der Waals surface area contributed by atoms with Crippen molar-refractivity contribution in [3.63, 3.8) is 0 Å². The zero-order chi connectivity index (χ0) is 23.7. The Bertz CT molecular complexity index is 1400. The average Bonchev–Trinajstić information content (AvgIpc) is 3.19. The van der Waals surface area contributed by atoms with Gasteiger partial charge in [-0.3, -0.25) is 29.3 Å². The lowest BCUT2D eigenvalue weighted by molar-refractivity contribution is -0.384. The molecule has 1 amide bonds. The monoisotopic (exact) mass is 478 g/mol. The Balaban J connectivity index is 1.65. The van der Waals surface area contributed by atoms with Crippen molar-refractivity contribution < 1.29 is 9.72 Å². The van der Waals surface area contributed by atoms with E-state index in [0.717, 1.165) is 11.8 Å². The average molecular weight is 479 g/mol. The number of aromatic nitrogens is 2. The molecule has 2 heterocycles. The Morgan fingerprint density at radius 1 is 1.09 bits per heavy atom. The van der Waals surface area contributed by atoms with Crippen molar-refractivity contribution in [3.8, 4) is 5.69 Å². The number of amides is 1. The highest BCUT2D eigenvalue weighted by Gasteiger charge is 2.37. The van der Waals surface area contributed by atoms with E-state index in [2.05, 4.69) is 0 Å². The zero-order valence-corrected chi connectivity index (χ0v) is 19.3. The first-order valence-corrected chi connectivity index (χ1v) is 11.0. The molecule has 1 aliphatic heterocycles. The van der Waals surface area contributed by atoms with E-state index in [1.807, 2.05) is 30.3 Å². The van der Waals surface area contributed by atoms with Crippen LogP contribution in [0.1, 0.15) is 11.3 Å². The predicted molar refractivity (Wildman–Crippen MR) is 134 cm³/mol. The lowest BCUT2D eigenvalue weighted by atomic mass is 10.2. The van der Waals surface area contributed by atoms with Gasteiger partial charge in [0.2, 0.25) is 0 Å². The Kier molecular flexibility index (Phi) is 6.12. The number of nitro benzene ring substituents is 1. The van der Waals surface area contributed by atoms with E-state index in [1.165, 1.54) is 21.7 Å². The van der Waals surface area contributed by atoms with E-state index in [-0.39, 0.29) is 27.2 Å². The summed E-state index contributed by atoms with van der Waals surface area (Å²) in [5, 5.41) is 10.9. The van der Waals surface area contributed by atoms with Crippen molar-refractivity contribution in [3.05, 3.63) is 103 Å². The zero-order valence-electron chi connectivity index (χ0n) is 17.7. The smallest absolute Gasteiger partial charge is 0.283 e. The van der Waals surface area contributed by atoms with Gasteiger partial charge in [-0.25, -0.2) is 4.68 Å². The summed E-state index contributed by atoms with van der Waals surface area (Å²) in [7, 11) is 1.75. The molecule has 1 aromatic heterocycles. The van der Waals surface area contributed by atoms with Crippen molar-refractivity contribution >= 4 is 51.7 Å². The number of rotatable bonds is 5. The SMILES string of the molecule is Cc1c(N2C(=O)/C(=C\C=C\c3cccc([N+](=O)[O-])c3)SC2=S)c(=O)n(-c2ccccc2)n1C. The van der Waals surface area contributed by atoms with Gasteiger partial charge in [0, 0.05) is 19.2 Å². The molecule has 10 heteroatoms. The maximum atomic E-state index is 13.3. The van der Waals surface area contributed by atoms with Crippen LogP contribution >= 0.6 is 24.0 Å². The molecule has 1 saturated heterocycles. The van der Waals surface area contributed by atoms with E-state index < -0.39 is 4.92 Å². The van der Waals surface area contributed by atoms with Gasteiger partial charge >= 0.3 is 0 Å².